The molecule has 1 aromatic rings. The summed E-state index contributed by atoms with van der Waals surface area (Å²) in [6.45, 7) is 2.50. The van der Waals surface area contributed by atoms with Gasteiger partial charge in [0.15, 0.2) is 0 Å². The minimum Gasteiger partial charge on any atom is -0.313 e. The molecule has 21 heavy (non-hydrogen) atoms. The van der Waals surface area contributed by atoms with Crippen molar-refractivity contribution in [3.8, 4) is 0 Å². The Morgan fingerprint density at radius 2 is 2.00 bits per heavy atom. The van der Waals surface area contributed by atoms with E-state index in [1.807, 2.05) is 0 Å². The lowest BCUT2D eigenvalue weighted by atomic mass is 9.88. The van der Waals surface area contributed by atoms with E-state index < -0.39 is 0 Å². The average molecular weight is 286 g/mol. The zero-order valence-corrected chi connectivity index (χ0v) is 13.6. The number of fused-ring (bicyclic) bond motifs is 2. The van der Waals surface area contributed by atoms with Crippen LogP contribution in [0.3, 0.4) is 0 Å². The van der Waals surface area contributed by atoms with Gasteiger partial charge in [-0.15, -0.1) is 0 Å². The highest BCUT2D eigenvalue weighted by Gasteiger charge is 2.39. The number of hydrogen-bond donors (Lipinski definition) is 1. The molecule has 4 unspecified atom stereocenters. The standard InChI is InChI=1S/C19H30N2/c1-20-19(16-6-4-3-5-7-16)10-11-21(2)14-18-13-15-8-9-17(18)12-15/h3-7,15,17-20H,8-14H2,1-2H3. The first-order chi connectivity index (χ1) is 10.3. The first kappa shape index (κ1) is 15.1. The van der Waals surface area contributed by atoms with Crippen LogP contribution in [0.25, 0.3) is 0 Å². The van der Waals surface area contributed by atoms with Gasteiger partial charge in [-0.05, 0) is 69.6 Å². The monoisotopic (exact) mass is 286 g/mol. The summed E-state index contributed by atoms with van der Waals surface area (Å²) in [6, 6.07) is 11.3. The fourth-order valence-electron chi connectivity index (χ4n) is 4.60. The molecule has 2 bridgehead atoms. The molecule has 0 amide bonds. The Labute approximate surface area is 129 Å². The summed E-state index contributed by atoms with van der Waals surface area (Å²) < 4.78 is 0. The van der Waals surface area contributed by atoms with Crippen LogP contribution in [0.1, 0.15) is 43.7 Å². The van der Waals surface area contributed by atoms with E-state index in [1.165, 1.54) is 50.8 Å². The highest BCUT2D eigenvalue weighted by Crippen LogP contribution is 2.48. The molecule has 2 nitrogen and oxygen atoms in total. The van der Waals surface area contributed by atoms with Gasteiger partial charge in [0.05, 0.1) is 0 Å². The molecule has 0 radical (unpaired) electrons. The topological polar surface area (TPSA) is 15.3 Å². The third-order valence-electron chi connectivity index (χ3n) is 5.78. The van der Waals surface area contributed by atoms with Crippen molar-refractivity contribution in [3.05, 3.63) is 35.9 Å². The molecular weight excluding hydrogens is 256 g/mol. The second kappa shape index (κ2) is 6.93. The van der Waals surface area contributed by atoms with Crippen molar-refractivity contribution in [1.29, 1.82) is 0 Å². The Hall–Kier alpha value is -0.860. The maximum atomic E-state index is 3.47. The lowest BCUT2D eigenvalue weighted by Crippen LogP contribution is -2.31. The van der Waals surface area contributed by atoms with Gasteiger partial charge in [-0.3, -0.25) is 0 Å². The van der Waals surface area contributed by atoms with E-state index in [9.17, 15) is 0 Å². The van der Waals surface area contributed by atoms with Crippen molar-refractivity contribution in [2.45, 2.75) is 38.1 Å². The van der Waals surface area contributed by atoms with E-state index in [4.69, 9.17) is 0 Å². The van der Waals surface area contributed by atoms with Crippen LogP contribution in [0.2, 0.25) is 0 Å². The number of hydrogen-bond acceptors (Lipinski definition) is 2. The van der Waals surface area contributed by atoms with E-state index >= 15 is 0 Å². The van der Waals surface area contributed by atoms with E-state index in [1.54, 1.807) is 0 Å². The summed E-state index contributed by atoms with van der Waals surface area (Å²) in [5.41, 5.74) is 1.41. The Morgan fingerprint density at radius 3 is 2.62 bits per heavy atom. The van der Waals surface area contributed by atoms with Gasteiger partial charge in [-0.2, -0.15) is 0 Å². The minimum atomic E-state index is 0.480. The second-order valence-electron chi connectivity index (χ2n) is 7.24. The minimum absolute atomic E-state index is 0.480. The maximum Gasteiger partial charge on any atom is 0.0329 e. The van der Waals surface area contributed by atoms with Crippen molar-refractivity contribution in [2.75, 3.05) is 27.2 Å². The summed E-state index contributed by atoms with van der Waals surface area (Å²) in [7, 11) is 4.39. The molecule has 3 rings (SSSR count). The summed E-state index contributed by atoms with van der Waals surface area (Å²) in [4.78, 5) is 2.57. The highest BCUT2D eigenvalue weighted by atomic mass is 15.1. The molecule has 0 aromatic heterocycles. The van der Waals surface area contributed by atoms with Gasteiger partial charge in [-0.1, -0.05) is 36.8 Å². The van der Waals surface area contributed by atoms with Crippen molar-refractivity contribution in [1.82, 2.24) is 10.2 Å². The largest absolute Gasteiger partial charge is 0.313 e. The number of benzene rings is 1. The Kier molecular flexibility index (Phi) is 4.97. The maximum absolute atomic E-state index is 3.47. The summed E-state index contributed by atoms with van der Waals surface area (Å²) in [5.74, 6) is 3.10. The van der Waals surface area contributed by atoms with Gasteiger partial charge >= 0.3 is 0 Å². The molecule has 2 aliphatic carbocycles. The molecule has 1 N–H and O–H groups in total. The molecule has 4 atom stereocenters. The first-order valence-corrected chi connectivity index (χ1v) is 8.67. The lowest BCUT2D eigenvalue weighted by molar-refractivity contribution is 0.213. The molecule has 0 heterocycles. The van der Waals surface area contributed by atoms with Crippen molar-refractivity contribution in [3.63, 3.8) is 0 Å². The van der Waals surface area contributed by atoms with Crippen LogP contribution in [-0.4, -0.2) is 32.1 Å². The van der Waals surface area contributed by atoms with Gasteiger partial charge in [0.2, 0.25) is 0 Å². The van der Waals surface area contributed by atoms with Crippen LogP contribution in [0.15, 0.2) is 30.3 Å². The SMILES string of the molecule is CNC(CCN(C)CC1CC2CCC1C2)c1ccccc1. The van der Waals surface area contributed by atoms with Crippen LogP contribution < -0.4 is 5.32 Å². The summed E-state index contributed by atoms with van der Waals surface area (Å²) in [6.07, 6.45) is 7.25. The molecule has 2 saturated carbocycles. The molecule has 1 aromatic carbocycles. The first-order valence-electron chi connectivity index (χ1n) is 8.67. The van der Waals surface area contributed by atoms with Gasteiger partial charge in [0, 0.05) is 12.6 Å². The average Bonchev–Trinajstić information content (AvgIpc) is 3.11. The van der Waals surface area contributed by atoms with Crippen molar-refractivity contribution in [2.24, 2.45) is 17.8 Å². The van der Waals surface area contributed by atoms with E-state index in [2.05, 4.69) is 54.6 Å². The smallest absolute Gasteiger partial charge is 0.0329 e. The third kappa shape index (κ3) is 3.67. The van der Waals surface area contributed by atoms with E-state index in [-0.39, 0.29) is 0 Å². The molecule has 0 aliphatic heterocycles. The fraction of sp³-hybridized carbons (Fsp3) is 0.684. The van der Waals surface area contributed by atoms with Crippen LogP contribution in [0.4, 0.5) is 0 Å². The number of nitrogens with one attached hydrogen (secondary N) is 1. The quantitative estimate of drug-likeness (QED) is 0.822. The zero-order chi connectivity index (χ0) is 14.7. The fourth-order valence-corrected chi connectivity index (χ4v) is 4.60. The molecule has 0 spiro atoms. The predicted octanol–water partition coefficient (Wildman–Crippen LogP) is 3.71. The normalized spacial score (nSPS) is 29.2. The molecule has 2 aliphatic rings. The number of rotatable bonds is 7. The molecule has 0 saturated heterocycles. The van der Waals surface area contributed by atoms with Crippen molar-refractivity contribution < 1.29 is 0 Å². The van der Waals surface area contributed by atoms with Crippen LogP contribution in [-0.2, 0) is 0 Å². The molecular formula is C19H30N2. The molecule has 116 valence electrons. The van der Waals surface area contributed by atoms with Gasteiger partial charge in [0.25, 0.3) is 0 Å². The zero-order valence-electron chi connectivity index (χ0n) is 13.6. The summed E-state index contributed by atoms with van der Waals surface area (Å²) >= 11 is 0. The summed E-state index contributed by atoms with van der Waals surface area (Å²) in [5, 5.41) is 3.47. The highest BCUT2D eigenvalue weighted by molar-refractivity contribution is 5.18. The predicted molar refractivity (Wildman–Crippen MR) is 89.3 cm³/mol. The Balaban J connectivity index is 1.45. The van der Waals surface area contributed by atoms with Gasteiger partial charge in [-0.25, -0.2) is 0 Å². The van der Waals surface area contributed by atoms with Crippen LogP contribution >= 0.6 is 0 Å². The van der Waals surface area contributed by atoms with E-state index in [0.717, 1.165) is 17.8 Å². The van der Waals surface area contributed by atoms with Gasteiger partial charge < -0.3 is 10.2 Å². The number of nitrogens with zero attached hydrogens (tertiary/aromatic N) is 1. The molecule has 2 fully saturated rings. The van der Waals surface area contributed by atoms with Crippen LogP contribution in [0.5, 0.6) is 0 Å². The van der Waals surface area contributed by atoms with Crippen LogP contribution in [0, 0.1) is 17.8 Å². The Bertz CT molecular complexity index is 430. The van der Waals surface area contributed by atoms with E-state index in [0.29, 0.717) is 6.04 Å². The second-order valence-corrected chi connectivity index (χ2v) is 7.24. The lowest BCUT2D eigenvalue weighted by Gasteiger charge is -2.28. The van der Waals surface area contributed by atoms with Crippen molar-refractivity contribution >= 4 is 0 Å². The Morgan fingerprint density at radius 1 is 1.19 bits per heavy atom. The van der Waals surface area contributed by atoms with Gasteiger partial charge in [0.1, 0.15) is 0 Å². The third-order valence-corrected chi connectivity index (χ3v) is 5.78. The molecule has 2 heteroatoms.